The third kappa shape index (κ3) is 9.84. The van der Waals surface area contributed by atoms with Crippen LogP contribution in [0.3, 0.4) is 0 Å². The standard InChI is InChI=1S/C7H8.C4H10.Zn/c1-7-5-3-2-4-6-7;1-3-4-2;/h2-6H,1H3;3-4H2,1-2H3;/q;;+2. The second kappa shape index (κ2) is 10.8. The molecule has 0 atom stereocenters. The van der Waals surface area contributed by atoms with E-state index in [1.54, 1.807) is 0 Å². The Labute approximate surface area is 89.1 Å². The molecule has 0 N–H and O–H groups in total. The smallest absolute Gasteiger partial charge is 0.0654 e. The molecule has 1 aromatic rings. The maximum Gasteiger partial charge on any atom is 2.00 e. The molecule has 0 radical (unpaired) electrons. The Morgan fingerprint density at radius 3 is 1.50 bits per heavy atom. The summed E-state index contributed by atoms with van der Waals surface area (Å²) in [7, 11) is 0. The second-order valence-corrected chi connectivity index (χ2v) is 2.65. The minimum absolute atomic E-state index is 0. The van der Waals surface area contributed by atoms with E-state index in [0.717, 1.165) is 0 Å². The molecule has 0 heterocycles. The van der Waals surface area contributed by atoms with Gasteiger partial charge in [-0.2, -0.15) is 0 Å². The van der Waals surface area contributed by atoms with Crippen molar-refractivity contribution in [2.45, 2.75) is 33.6 Å². The fraction of sp³-hybridized carbons (Fsp3) is 0.455. The van der Waals surface area contributed by atoms with E-state index in [2.05, 4.69) is 32.9 Å². The Kier molecular flexibility index (Phi) is 13.0. The monoisotopic (exact) mass is 214 g/mol. The van der Waals surface area contributed by atoms with Crippen LogP contribution in [-0.4, -0.2) is 0 Å². The van der Waals surface area contributed by atoms with E-state index in [9.17, 15) is 0 Å². The molecule has 1 rings (SSSR count). The molecular formula is C11H18Zn+2. The van der Waals surface area contributed by atoms with Gasteiger partial charge in [0.1, 0.15) is 0 Å². The Hall–Kier alpha value is -0.157. The van der Waals surface area contributed by atoms with Gasteiger partial charge in [-0.1, -0.05) is 62.6 Å². The first kappa shape index (κ1) is 14.4. The predicted molar refractivity (Wildman–Crippen MR) is 51.8 cm³/mol. The van der Waals surface area contributed by atoms with E-state index in [1.165, 1.54) is 18.4 Å². The first-order valence-corrected chi connectivity index (χ1v) is 4.32. The van der Waals surface area contributed by atoms with Gasteiger partial charge in [0.15, 0.2) is 0 Å². The van der Waals surface area contributed by atoms with E-state index in [0.29, 0.717) is 0 Å². The van der Waals surface area contributed by atoms with Gasteiger partial charge in [-0.3, -0.25) is 0 Å². The first-order valence-electron chi connectivity index (χ1n) is 4.32. The van der Waals surface area contributed by atoms with Gasteiger partial charge in [0.2, 0.25) is 0 Å². The molecule has 12 heavy (non-hydrogen) atoms. The number of hydrogen-bond donors (Lipinski definition) is 0. The first-order chi connectivity index (χ1) is 5.31. The summed E-state index contributed by atoms with van der Waals surface area (Å²) in [6.07, 6.45) is 2.64. The Morgan fingerprint density at radius 2 is 1.33 bits per heavy atom. The van der Waals surface area contributed by atoms with E-state index < -0.39 is 0 Å². The Bertz CT molecular complexity index is 156. The molecule has 0 saturated heterocycles. The van der Waals surface area contributed by atoms with Crippen LogP contribution in [0.5, 0.6) is 0 Å². The molecule has 0 spiro atoms. The molecule has 0 aliphatic rings. The maximum absolute atomic E-state index is 2.18. The summed E-state index contributed by atoms with van der Waals surface area (Å²) in [6.45, 7) is 6.44. The van der Waals surface area contributed by atoms with Crippen LogP contribution >= 0.6 is 0 Å². The largest absolute Gasteiger partial charge is 2.00 e. The number of rotatable bonds is 1. The summed E-state index contributed by atoms with van der Waals surface area (Å²) < 4.78 is 0. The van der Waals surface area contributed by atoms with Gasteiger partial charge in [0, 0.05) is 0 Å². The molecule has 0 bridgehead atoms. The SMILES string of the molecule is CCCC.Cc1ccccc1.[Zn+2]. The van der Waals surface area contributed by atoms with Crippen LogP contribution in [0.2, 0.25) is 0 Å². The van der Waals surface area contributed by atoms with Crippen molar-refractivity contribution in [1.29, 1.82) is 0 Å². The van der Waals surface area contributed by atoms with Gasteiger partial charge in [-0.25, -0.2) is 0 Å². The van der Waals surface area contributed by atoms with Crippen LogP contribution in [0.25, 0.3) is 0 Å². The zero-order valence-electron chi connectivity index (χ0n) is 8.51. The summed E-state index contributed by atoms with van der Waals surface area (Å²) in [5.41, 5.74) is 1.32. The van der Waals surface area contributed by atoms with Crippen molar-refractivity contribution < 1.29 is 19.5 Å². The van der Waals surface area contributed by atoms with E-state index >= 15 is 0 Å². The van der Waals surface area contributed by atoms with Crippen molar-refractivity contribution in [3.05, 3.63) is 35.9 Å². The van der Waals surface area contributed by atoms with Crippen molar-refractivity contribution in [2.75, 3.05) is 0 Å². The molecular weight excluding hydrogens is 198 g/mol. The predicted octanol–water partition coefficient (Wildman–Crippen LogP) is 3.80. The molecule has 0 fully saturated rings. The number of aryl methyl sites for hydroxylation is 1. The van der Waals surface area contributed by atoms with Gasteiger partial charge >= 0.3 is 19.5 Å². The second-order valence-electron chi connectivity index (χ2n) is 2.65. The Morgan fingerprint density at radius 1 is 0.917 bits per heavy atom. The van der Waals surface area contributed by atoms with Crippen LogP contribution in [0, 0.1) is 6.92 Å². The van der Waals surface area contributed by atoms with E-state index in [-0.39, 0.29) is 19.5 Å². The van der Waals surface area contributed by atoms with E-state index in [4.69, 9.17) is 0 Å². The molecule has 1 aromatic carbocycles. The molecule has 1 heteroatoms. The fourth-order valence-electron chi connectivity index (χ4n) is 0.534. The molecule has 62 valence electrons. The summed E-state index contributed by atoms with van der Waals surface area (Å²) in [5.74, 6) is 0. The number of hydrogen-bond acceptors (Lipinski definition) is 0. The van der Waals surface area contributed by atoms with Gasteiger partial charge in [-0.15, -0.1) is 0 Å². The average Bonchev–Trinajstić information content (AvgIpc) is 2.07. The van der Waals surface area contributed by atoms with Crippen molar-refractivity contribution in [2.24, 2.45) is 0 Å². The van der Waals surface area contributed by atoms with Crippen molar-refractivity contribution in [3.8, 4) is 0 Å². The van der Waals surface area contributed by atoms with Gasteiger partial charge in [-0.05, 0) is 6.92 Å². The van der Waals surface area contributed by atoms with Crippen molar-refractivity contribution in [3.63, 3.8) is 0 Å². The molecule has 0 saturated carbocycles. The van der Waals surface area contributed by atoms with Crippen LogP contribution in [-0.2, 0) is 19.5 Å². The van der Waals surface area contributed by atoms with Gasteiger partial charge in [0.25, 0.3) is 0 Å². The van der Waals surface area contributed by atoms with Crippen molar-refractivity contribution in [1.82, 2.24) is 0 Å². The molecule has 0 aromatic heterocycles. The molecule has 0 unspecified atom stereocenters. The van der Waals surface area contributed by atoms with Crippen LogP contribution in [0.1, 0.15) is 32.3 Å². The zero-order valence-corrected chi connectivity index (χ0v) is 11.5. The topological polar surface area (TPSA) is 0 Å². The zero-order chi connectivity index (χ0) is 8.53. The van der Waals surface area contributed by atoms with Crippen LogP contribution < -0.4 is 0 Å². The quantitative estimate of drug-likeness (QED) is 0.625. The van der Waals surface area contributed by atoms with Gasteiger partial charge in [0.05, 0.1) is 0 Å². The van der Waals surface area contributed by atoms with Crippen LogP contribution in [0.4, 0.5) is 0 Å². The minimum Gasteiger partial charge on any atom is -0.0654 e. The third-order valence-corrected chi connectivity index (χ3v) is 1.44. The average molecular weight is 216 g/mol. The Balaban J connectivity index is 0. The fourth-order valence-corrected chi connectivity index (χ4v) is 0.534. The van der Waals surface area contributed by atoms with Crippen LogP contribution in [0.15, 0.2) is 30.3 Å². The number of unbranched alkanes of at least 4 members (excludes halogenated alkanes) is 1. The maximum atomic E-state index is 2.18. The molecule has 0 nitrogen and oxygen atoms in total. The van der Waals surface area contributed by atoms with Gasteiger partial charge < -0.3 is 0 Å². The summed E-state index contributed by atoms with van der Waals surface area (Å²) in [5, 5.41) is 0. The number of benzene rings is 1. The summed E-state index contributed by atoms with van der Waals surface area (Å²) in [4.78, 5) is 0. The molecule has 0 aliphatic carbocycles. The summed E-state index contributed by atoms with van der Waals surface area (Å²) >= 11 is 0. The third-order valence-electron chi connectivity index (χ3n) is 1.44. The normalized spacial score (nSPS) is 7.58. The summed E-state index contributed by atoms with van der Waals surface area (Å²) in [6, 6.07) is 10.3. The van der Waals surface area contributed by atoms with E-state index in [1.807, 2.05) is 18.2 Å². The molecule has 0 amide bonds. The minimum atomic E-state index is 0. The van der Waals surface area contributed by atoms with Crippen molar-refractivity contribution >= 4 is 0 Å². The molecule has 0 aliphatic heterocycles.